The molecular formula is C77H150O17P2. The second-order valence-corrected chi connectivity index (χ2v) is 30.7. The first-order valence-electron chi connectivity index (χ1n) is 40.3. The van der Waals surface area contributed by atoms with Crippen molar-refractivity contribution >= 4 is 39.5 Å². The van der Waals surface area contributed by atoms with Gasteiger partial charge in [-0.3, -0.25) is 37.3 Å². The summed E-state index contributed by atoms with van der Waals surface area (Å²) in [5.41, 5.74) is 0. The van der Waals surface area contributed by atoms with Gasteiger partial charge in [0, 0.05) is 25.7 Å². The van der Waals surface area contributed by atoms with Crippen LogP contribution in [0.25, 0.3) is 0 Å². The van der Waals surface area contributed by atoms with Crippen LogP contribution in [0.4, 0.5) is 0 Å². The van der Waals surface area contributed by atoms with E-state index < -0.39 is 97.5 Å². The van der Waals surface area contributed by atoms with E-state index in [0.717, 1.165) is 89.9 Å². The first-order valence-corrected chi connectivity index (χ1v) is 43.3. The fraction of sp³-hybridized carbons (Fsp3) is 0.948. The number of hydrogen-bond acceptors (Lipinski definition) is 15. The molecule has 0 spiro atoms. The third kappa shape index (κ3) is 70.5. The molecule has 0 radical (unpaired) electrons. The van der Waals surface area contributed by atoms with Crippen molar-refractivity contribution in [2.24, 2.45) is 0 Å². The van der Waals surface area contributed by atoms with Crippen molar-refractivity contribution < 1.29 is 80.2 Å². The molecule has 3 N–H and O–H groups in total. The molecule has 0 saturated carbocycles. The zero-order valence-corrected chi connectivity index (χ0v) is 64.1. The van der Waals surface area contributed by atoms with E-state index in [4.69, 9.17) is 37.0 Å². The summed E-state index contributed by atoms with van der Waals surface area (Å²) in [5.74, 6) is -2.11. The van der Waals surface area contributed by atoms with Crippen LogP contribution in [-0.4, -0.2) is 96.7 Å². The zero-order valence-electron chi connectivity index (χ0n) is 62.4. The normalized spacial score (nSPS) is 13.9. The van der Waals surface area contributed by atoms with Crippen molar-refractivity contribution in [1.29, 1.82) is 0 Å². The fourth-order valence-corrected chi connectivity index (χ4v) is 13.5. The highest BCUT2D eigenvalue weighted by atomic mass is 31.2. The van der Waals surface area contributed by atoms with E-state index in [1.807, 2.05) is 0 Å². The summed E-state index contributed by atoms with van der Waals surface area (Å²) < 4.78 is 68.5. The van der Waals surface area contributed by atoms with Crippen molar-refractivity contribution in [3.05, 3.63) is 0 Å². The molecule has 0 bridgehead atoms. The number of phosphoric ester groups is 2. The van der Waals surface area contributed by atoms with E-state index in [1.54, 1.807) is 0 Å². The van der Waals surface area contributed by atoms with Gasteiger partial charge in [-0.1, -0.05) is 362 Å². The molecule has 0 saturated heterocycles. The molecule has 17 nitrogen and oxygen atoms in total. The van der Waals surface area contributed by atoms with Crippen LogP contribution < -0.4 is 0 Å². The maximum absolute atomic E-state index is 13.1. The van der Waals surface area contributed by atoms with Crippen LogP contribution in [0, 0.1) is 0 Å². The summed E-state index contributed by atoms with van der Waals surface area (Å²) in [5, 5.41) is 10.6. The zero-order chi connectivity index (χ0) is 70.4. The number of esters is 4. The van der Waals surface area contributed by atoms with Crippen molar-refractivity contribution in [3.8, 4) is 0 Å². The van der Waals surface area contributed by atoms with Crippen LogP contribution in [0.1, 0.15) is 413 Å². The minimum atomic E-state index is -4.96. The minimum Gasteiger partial charge on any atom is -0.462 e. The SMILES string of the molecule is CCCCCCCCCCCCCCCCCCCCC(=O)O[C@H](COC(=O)CCCCCCCCCCCCCCCCC)COP(=O)(O)OC[C@@H](O)COP(=O)(O)OC[C@@H](COC(=O)CCCCCCCCCC)OC(=O)CCCCCCCCCCCCCCCCC. The van der Waals surface area contributed by atoms with E-state index >= 15 is 0 Å². The van der Waals surface area contributed by atoms with Gasteiger partial charge in [0.15, 0.2) is 12.2 Å². The van der Waals surface area contributed by atoms with Gasteiger partial charge in [-0.05, 0) is 25.7 Å². The first-order chi connectivity index (χ1) is 46.7. The summed E-state index contributed by atoms with van der Waals surface area (Å²) in [6, 6.07) is 0. The van der Waals surface area contributed by atoms with Gasteiger partial charge in [-0.2, -0.15) is 0 Å². The van der Waals surface area contributed by atoms with Crippen LogP contribution in [0.5, 0.6) is 0 Å². The summed E-state index contributed by atoms with van der Waals surface area (Å²) in [7, 11) is -9.91. The van der Waals surface area contributed by atoms with Crippen molar-refractivity contribution in [3.63, 3.8) is 0 Å². The number of aliphatic hydroxyl groups is 1. The molecule has 0 heterocycles. The average molecular weight is 1410 g/mol. The van der Waals surface area contributed by atoms with Crippen LogP contribution in [0.15, 0.2) is 0 Å². The number of carbonyl (C=O) groups excluding carboxylic acids is 4. The Balaban J connectivity index is 5.20. The lowest BCUT2D eigenvalue weighted by Crippen LogP contribution is -2.30. The minimum absolute atomic E-state index is 0.109. The quantitative estimate of drug-likeness (QED) is 0.0222. The lowest BCUT2D eigenvalue weighted by atomic mass is 10.0. The third-order valence-corrected chi connectivity index (χ3v) is 20.0. The number of aliphatic hydroxyl groups excluding tert-OH is 1. The average Bonchev–Trinajstić information content (AvgIpc) is 1.95. The van der Waals surface area contributed by atoms with Crippen LogP contribution in [0.3, 0.4) is 0 Å². The van der Waals surface area contributed by atoms with E-state index in [1.165, 1.54) is 244 Å². The Hall–Kier alpha value is -1.94. The van der Waals surface area contributed by atoms with Gasteiger partial charge in [0.25, 0.3) is 0 Å². The molecule has 2 unspecified atom stereocenters. The molecule has 0 aliphatic heterocycles. The number of unbranched alkanes of at least 4 members (excludes halogenated alkanes) is 52. The summed E-state index contributed by atoms with van der Waals surface area (Å²) >= 11 is 0. The van der Waals surface area contributed by atoms with Crippen LogP contribution in [0.2, 0.25) is 0 Å². The van der Waals surface area contributed by atoms with Crippen molar-refractivity contribution in [2.45, 2.75) is 431 Å². The molecule has 0 aliphatic rings. The van der Waals surface area contributed by atoms with E-state index in [0.29, 0.717) is 25.7 Å². The largest absolute Gasteiger partial charge is 0.472 e. The lowest BCUT2D eigenvalue weighted by molar-refractivity contribution is -0.161. The number of ether oxygens (including phenoxy) is 4. The van der Waals surface area contributed by atoms with Gasteiger partial charge in [-0.15, -0.1) is 0 Å². The Morgan fingerprint density at radius 3 is 0.615 bits per heavy atom. The van der Waals surface area contributed by atoms with Gasteiger partial charge >= 0.3 is 39.5 Å². The molecule has 0 aromatic heterocycles. The fourth-order valence-electron chi connectivity index (χ4n) is 11.9. The lowest BCUT2D eigenvalue weighted by Gasteiger charge is -2.21. The topological polar surface area (TPSA) is 237 Å². The molecule has 0 amide bonds. The van der Waals surface area contributed by atoms with Gasteiger partial charge in [0.2, 0.25) is 0 Å². The Bertz CT molecular complexity index is 1830. The predicted octanol–water partition coefficient (Wildman–Crippen LogP) is 23.0. The molecule has 19 heteroatoms. The van der Waals surface area contributed by atoms with Crippen LogP contribution in [-0.2, 0) is 65.4 Å². The highest BCUT2D eigenvalue weighted by Gasteiger charge is 2.30. The summed E-state index contributed by atoms with van der Waals surface area (Å²) in [6.45, 7) is 4.98. The van der Waals surface area contributed by atoms with Crippen molar-refractivity contribution in [1.82, 2.24) is 0 Å². The number of phosphoric acid groups is 2. The highest BCUT2D eigenvalue weighted by molar-refractivity contribution is 7.47. The first kappa shape index (κ1) is 94.1. The van der Waals surface area contributed by atoms with Crippen LogP contribution >= 0.6 is 15.6 Å². The third-order valence-electron chi connectivity index (χ3n) is 18.1. The van der Waals surface area contributed by atoms with Gasteiger partial charge in [-0.25, -0.2) is 9.13 Å². The highest BCUT2D eigenvalue weighted by Crippen LogP contribution is 2.45. The summed E-state index contributed by atoms with van der Waals surface area (Å²) in [4.78, 5) is 72.8. The number of rotatable bonds is 78. The van der Waals surface area contributed by atoms with E-state index in [2.05, 4.69) is 27.7 Å². The second kappa shape index (κ2) is 71.5. The number of hydrogen-bond donors (Lipinski definition) is 3. The Kier molecular flexibility index (Phi) is 70.0. The Labute approximate surface area is 588 Å². The smallest absolute Gasteiger partial charge is 0.462 e. The maximum Gasteiger partial charge on any atom is 0.472 e. The van der Waals surface area contributed by atoms with Gasteiger partial charge < -0.3 is 33.8 Å². The van der Waals surface area contributed by atoms with Gasteiger partial charge in [0.05, 0.1) is 26.4 Å². The Morgan fingerprint density at radius 2 is 0.417 bits per heavy atom. The Morgan fingerprint density at radius 1 is 0.250 bits per heavy atom. The standard InChI is InChI=1S/C77H150O17P2/c1-5-9-13-17-21-25-28-31-34-35-36-39-42-45-48-52-56-60-64-77(82)94-73(68-88-75(80)62-58-54-50-46-43-40-37-32-29-26-22-18-14-10-6-2)70-92-96(85,86)90-66-71(78)65-89-95(83,84)91-69-72(67-87-74(79)61-57-53-49-24-20-16-12-8-4)93-76(81)63-59-55-51-47-44-41-38-33-30-27-23-19-15-11-7-3/h71-73,78H,5-70H2,1-4H3,(H,83,84)(H,85,86)/t71-,72+,73+/m0/s1. The van der Waals surface area contributed by atoms with Gasteiger partial charge in [0.1, 0.15) is 19.3 Å². The molecule has 0 aromatic rings. The van der Waals surface area contributed by atoms with E-state index in [-0.39, 0.29) is 25.7 Å². The molecule has 570 valence electrons. The van der Waals surface area contributed by atoms with E-state index in [9.17, 15) is 43.2 Å². The monoisotopic (exact) mass is 1410 g/mol. The molecule has 0 fully saturated rings. The predicted molar refractivity (Wildman–Crippen MR) is 391 cm³/mol. The molecule has 0 aromatic carbocycles. The molecule has 0 aliphatic carbocycles. The maximum atomic E-state index is 13.1. The molecular weight excluding hydrogens is 1260 g/mol. The van der Waals surface area contributed by atoms with Crippen molar-refractivity contribution in [2.75, 3.05) is 39.6 Å². The molecule has 96 heavy (non-hydrogen) atoms. The molecule has 0 rings (SSSR count). The summed E-state index contributed by atoms with van der Waals surface area (Å²) in [6.07, 6.45) is 62.4. The second-order valence-electron chi connectivity index (χ2n) is 27.7. The molecule has 5 atom stereocenters. The number of carbonyl (C=O) groups is 4.